The van der Waals surface area contributed by atoms with Crippen LogP contribution in [0.15, 0.2) is 0 Å². The second-order valence-corrected chi connectivity index (χ2v) is 10.2. The Bertz CT molecular complexity index is 418. The zero-order valence-corrected chi connectivity index (χ0v) is 18.2. The van der Waals surface area contributed by atoms with Gasteiger partial charge in [0.25, 0.3) is 0 Å². The van der Waals surface area contributed by atoms with Gasteiger partial charge >= 0.3 is 150 Å². The van der Waals surface area contributed by atoms with E-state index in [9.17, 15) is 17.3 Å². The molecule has 0 aromatic heterocycles. The van der Waals surface area contributed by atoms with E-state index in [0.29, 0.717) is 41.7 Å². The first-order valence-electron chi connectivity index (χ1n) is 5.90. The zero-order chi connectivity index (χ0) is 19.1. The molecule has 0 heterocycles. The van der Waals surface area contributed by atoms with Crippen LogP contribution in [0.5, 0.6) is 0 Å². The van der Waals surface area contributed by atoms with Crippen LogP contribution in [0.3, 0.4) is 0 Å². The number of carboxylic acid groups (broad SMARTS) is 2. The SMILES string of the molecule is CO[Se](=O)(=O)O.C[Se]CC[C@H](N)C(=O)O.C[Se]C[C@H](N)C(=O)O. The average molecular weight is 537 g/mol. The fraction of sp³-hybridized carbons (Fsp3) is 0.800. The molecule has 0 amide bonds. The molecule has 0 saturated carbocycles. The van der Waals surface area contributed by atoms with Gasteiger partial charge in [-0.15, -0.1) is 0 Å². The van der Waals surface area contributed by atoms with E-state index in [1.807, 2.05) is 5.82 Å². The van der Waals surface area contributed by atoms with Gasteiger partial charge in [0.2, 0.25) is 0 Å². The van der Waals surface area contributed by atoms with Crippen LogP contribution in [0.25, 0.3) is 0 Å². The summed E-state index contributed by atoms with van der Waals surface area (Å²) in [4.78, 5) is 20.1. The van der Waals surface area contributed by atoms with Crippen molar-refractivity contribution in [2.75, 3.05) is 7.11 Å². The standard InChI is InChI=1S/C5H11NO2Se.C4H9NO2Se.CH4O4Se/c1-9-3-2-4(6)5(7)8;1-8-2-3(5)4(6)7;1-5-6(2,3)4/h4H,2-3,6H2,1H3,(H,7,8);3H,2,5H2,1H3,(H,6,7);1H3,(H,2,3,4)/t4-;3-;/m00./s1. The molecule has 13 heteroatoms. The maximum absolute atomic E-state index is 10.1. The number of rotatable bonds is 8. The Hall–Kier alpha value is -0.0616. The molecular formula is C10H24N2O8Se3. The van der Waals surface area contributed by atoms with Crippen LogP contribution >= 0.6 is 0 Å². The minimum absolute atomic E-state index is 0.373. The Labute approximate surface area is 149 Å². The summed E-state index contributed by atoms with van der Waals surface area (Å²) in [6, 6.07) is -1.29. The predicted octanol–water partition coefficient (Wildman–Crippen LogP) is -1.55. The Morgan fingerprint density at radius 2 is 1.48 bits per heavy atom. The second-order valence-electron chi connectivity index (χ2n) is 3.72. The third kappa shape index (κ3) is 27.1. The number of hydrogen-bond donors (Lipinski definition) is 5. The summed E-state index contributed by atoms with van der Waals surface area (Å²) in [5, 5.41) is 18.1. The number of carboxylic acids is 2. The third-order valence-electron chi connectivity index (χ3n) is 1.82. The summed E-state index contributed by atoms with van der Waals surface area (Å²) in [7, 11) is 0.903. The fourth-order valence-electron chi connectivity index (χ4n) is 0.619. The molecule has 0 unspecified atom stereocenters. The Morgan fingerprint density at radius 1 is 1.09 bits per heavy atom. The summed E-state index contributed by atoms with van der Waals surface area (Å²) >= 11 is -3.86. The predicted molar refractivity (Wildman–Crippen MR) is 85.0 cm³/mol. The minimum atomic E-state index is -4.78. The summed E-state index contributed by atoms with van der Waals surface area (Å²) in [5.41, 5.74) is 10.4. The van der Waals surface area contributed by atoms with Gasteiger partial charge in [0, 0.05) is 0 Å². The topological polar surface area (TPSA) is 190 Å². The van der Waals surface area contributed by atoms with E-state index < -0.39 is 37.4 Å². The van der Waals surface area contributed by atoms with Gasteiger partial charge in [-0.3, -0.25) is 0 Å². The van der Waals surface area contributed by atoms with Gasteiger partial charge in [-0.05, 0) is 0 Å². The second kappa shape index (κ2) is 16.8. The van der Waals surface area contributed by atoms with Crippen molar-refractivity contribution in [3.63, 3.8) is 0 Å². The van der Waals surface area contributed by atoms with E-state index in [1.165, 1.54) is 0 Å². The number of nitrogens with two attached hydrogens (primary N) is 2. The number of carbonyl (C=O) groups is 2. The summed E-state index contributed by atoms with van der Waals surface area (Å²) < 4.78 is 30.0. The van der Waals surface area contributed by atoms with Gasteiger partial charge in [0.1, 0.15) is 0 Å². The molecule has 2 atom stereocenters. The maximum atomic E-state index is 10.1. The van der Waals surface area contributed by atoms with Crippen LogP contribution in [0.4, 0.5) is 0 Å². The molecular weight excluding hydrogens is 513 g/mol. The van der Waals surface area contributed by atoms with Gasteiger partial charge < -0.3 is 0 Å². The third-order valence-corrected chi connectivity index (χ3v) is 5.51. The molecule has 140 valence electrons. The van der Waals surface area contributed by atoms with Crippen molar-refractivity contribution in [3.05, 3.63) is 0 Å². The average Bonchev–Trinajstić information content (AvgIpc) is 2.45. The molecule has 0 aromatic carbocycles. The van der Waals surface area contributed by atoms with Crippen molar-refractivity contribution in [2.24, 2.45) is 11.5 Å². The van der Waals surface area contributed by atoms with E-state index in [2.05, 4.69) is 9.64 Å². The molecule has 0 spiro atoms. The van der Waals surface area contributed by atoms with Crippen LogP contribution in [-0.2, 0) is 21.1 Å². The molecule has 0 aliphatic rings. The summed E-state index contributed by atoms with van der Waals surface area (Å²) in [6.07, 6.45) is 0.617. The van der Waals surface area contributed by atoms with Gasteiger partial charge in [-0.1, -0.05) is 0 Å². The van der Waals surface area contributed by atoms with E-state index >= 15 is 0 Å². The molecule has 0 aromatic rings. The fourth-order valence-corrected chi connectivity index (χ4v) is 2.70. The Kier molecular flexibility index (Phi) is 20.3. The molecule has 0 rings (SSSR count). The van der Waals surface area contributed by atoms with E-state index in [1.54, 1.807) is 0 Å². The Morgan fingerprint density at radius 3 is 1.65 bits per heavy atom. The van der Waals surface area contributed by atoms with E-state index in [4.69, 9.17) is 25.9 Å². The van der Waals surface area contributed by atoms with Crippen LogP contribution in [-0.4, -0.2) is 88.8 Å². The monoisotopic (exact) mass is 540 g/mol. The number of hydrogen-bond acceptors (Lipinski definition) is 7. The first-order chi connectivity index (χ1) is 10.4. The van der Waals surface area contributed by atoms with Crippen molar-refractivity contribution in [2.45, 2.75) is 40.8 Å². The van der Waals surface area contributed by atoms with Crippen molar-refractivity contribution in [1.82, 2.24) is 0 Å². The first-order valence-corrected chi connectivity index (χ1v) is 14.6. The normalized spacial score (nSPS) is 12.8. The zero-order valence-electron chi connectivity index (χ0n) is 13.0. The molecule has 0 saturated heterocycles. The summed E-state index contributed by atoms with van der Waals surface area (Å²) in [5.74, 6) is 2.25. The van der Waals surface area contributed by atoms with Crippen molar-refractivity contribution >= 4 is 55.2 Å². The van der Waals surface area contributed by atoms with Gasteiger partial charge in [0.05, 0.1) is 0 Å². The first kappa shape index (κ1) is 27.8. The van der Waals surface area contributed by atoms with Crippen molar-refractivity contribution < 1.29 is 35.5 Å². The van der Waals surface area contributed by atoms with Crippen LogP contribution < -0.4 is 11.5 Å². The van der Waals surface area contributed by atoms with Crippen LogP contribution in [0.2, 0.25) is 22.3 Å². The summed E-state index contributed by atoms with van der Waals surface area (Å²) in [6.45, 7) is 0. The number of aliphatic carboxylic acids is 2. The molecule has 23 heavy (non-hydrogen) atoms. The molecule has 0 radical (unpaired) electrons. The van der Waals surface area contributed by atoms with Crippen LogP contribution in [0, 0.1) is 0 Å². The van der Waals surface area contributed by atoms with Crippen molar-refractivity contribution in [1.29, 1.82) is 0 Å². The quantitative estimate of drug-likeness (QED) is 0.227. The van der Waals surface area contributed by atoms with Crippen LogP contribution in [0.1, 0.15) is 6.42 Å². The molecule has 0 aliphatic carbocycles. The molecule has 0 fully saturated rings. The Balaban J connectivity index is -0.000000266. The van der Waals surface area contributed by atoms with Crippen molar-refractivity contribution in [3.8, 4) is 0 Å². The van der Waals surface area contributed by atoms with E-state index in [-0.39, 0.29) is 0 Å². The van der Waals surface area contributed by atoms with Gasteiger partial charge in [-0.2, -0.15) is 0 Å². The molecule has 0 bridgehead atoms. The van der Waals surface area contributed by atoms with Gasteiger partial charge in [0.15, 0.2) is 0 Å². The molecule has 10 nitrogen and oxygen atoms in total. The van der Waals surface area contributed by atoms with E-state index in [0.717, 1.165) is 12.4 Å². The van der Waals surface area contributed by atoms with Gasteiger partial charge in [-0.25, -0.2) is 0 Å². The molecule has 0 aliphatic heterocycles. The molecule has 7 N–H and O–H groups in total.